The van der Waals surface area contributed by atoms with Gasteiger partial charge in [0.25, 0.3) is 7.82 Å². The van der Waals surface area contributed by atoms with Crippen LogP contribution in [-0.4, -0.2) is 68.5 Å². The number of phosphoric acid groups is 1. The van der Waals surface area contributed by atoms with E-state index in [0.29, 0.717) is 23.9 Å². The highest BCUT2D eigenvalue weighted by atomic mass is 31.2. The molecule has 3 atom stereocenters. The van der Waals surface area contributed by atoms with E-state index in [1.165, 1.54) is 19.3 Å². The number of unbranched alkanes of at least 4 members (excludes halogenated alkanes) is 8. The van der Waals surface area contributed by atoms with Crippen LogP contribution in [0, 0.1) is 0 Å². The molecule has 0 aromatic rings. The average Bonchev–Trinajstić information content (AvgIpc) is 3.20. The molecule has 9 heteroatoms. The molecule has 60 heavy (non-hydrogen) atoms. The van der Waals surface area contributed by atoms with Crippen molar-refractivity contribution in [2.24, 2.45) is 0 Å². The summed E-state index contributed by atoms with van der Waals surface area (Å²) in [6, 6.07) is -0.924. The van der Waals surface area contributed by atoms with Gasteiger partial charge in [-0.3, -0.25) is 9.36 Å². The number of quaternary nitrogens is 1. The van der Waals surface area contributed by atoms with Crippen molar-refractivity contribution in [1.82, 2.24) is 5.32 Å². The number of nitrogens with one attached hydrogen (secondary N) is 1. The molecule has 0 spiro atoms. The maximum absolute atomic E-state index is 12.8. The summed E-state index contributed by atoms with van der Waals surface area (Å²) < 4.78 is 23.1. The average molecular weight is 853 g/mol. The topological polar surface area (TPSA) is 108 Å². The minimum Gasteiger partial charge on any atom is -0.756 e. The summed E-state index contributed by atoms with van der Waals surface area (Å²) in [5, 5.41) is 13.7. The van der Waals surface area contributed by atoms with Crippen LogP contribution < -0.4 is 10.2 Å². The van der Waals surface area contributed by atoms with Crippen molar-refractivity contribution in [3.05, 3.63) is 122 Å². The number of nitrogens with zero attached hydrogens (tertiary/aromatic N) is 1. The molecular weight excluding hydrogens is 768 g/mol. The molecular formula is C51H85N2O6P. The Morgan fingerprint density at radius 3 is 1.53 bits per heavy atom. The van der Waals surface area contributed by atoms with Crippen LogP contribution in [0.5, 0.6) is 0 Å². The second kappa shape index (κ2) is 41.3. The van der Waals surface area contributed by atoms with Crippen LogP contribution in [0.1, 0.15) is 142 Å². The highest BCUT2D eigenvalue weighted by Crippen LogP contribution is 2.38. The number of allylic oxidation sites excluding steroid dienone is 19. The number of aliphatic hydroxyl groups excluding tert-OH is 1. The van der Waals surface area contributed by atoms with Crippen molar-refractivity contribution in [2.75, 3.05) is 40.9 Å². The third-order valence-corrected chi connectivity index (χ3v) is 10.1. The molecule has 340 valence electrons. The highest BCUT2D eigenvalue weighted by molar-refractivity contribution is 7.45. The number of aliphatic hydroxyl groups is 1. The lowest BCUT2D eigenvalue weighted by molar-refractivity contribution is -0.870. The van der Waals surface area contributed by atoms with Crippen molar-refractivity contribution in [3.63, 3.8) is 0 Å². The highest BCUT2D eigenvalue weighted by Gasteiger charge is 2.23. The molecule has 2 N–H and O–H groups in total. The van der Waals surface area contributed by atoms with Crippen LogP contribution in [0.25, 0.3) is 0 Å². The Kier molecular flexibility index (Phi) is 39.1. The number of hydrogen-bond donors (Lipinski definition) is 2. The van der Waals surface area contributed by atoms with Crippen LogP contribution in [-0.2, 0) is 18.4 Å². The smallest absolute Gasteiger partial charge is 0.268 e. The summed E-state index contributed by atoms with van der Waals surface area (Å²) in [6.45, 7) is 4.39. The van der Waals surface area contributed by atoms with E-state index in [4.69, 9.17) is 9.05 Å². The van der Waals surface area contributed by atoms with E-state index in [2.05, 4.69) is 129 Å². The Morgan fingerprint density at radius 2 is 1.03 bits per heavy atom. The molecule has 0 bridgehead atoms. The summed E-state index contributed by atoms with van der Waals surface area (Å²) in [5.41, 5.74) is 0. The number of likely N-dealkylation sites (N-methyl/N-ethyl adjacent to an activating group) is 1. The fraction of sp³-hybridized carbons (Fsp3) is 0.588. The minimum absolute atomic E-state index is 0.0196. The Bertz CT molecular complexity index is 1380. The molecule has 1 amide bonds. The monoisotopic (exact) mass is 853 g/mol. The van der Waals surface area contributed by atoms with Gasteiger partial charge in [0.15, 0.2) is 0 Å². The molecule has 0 radical (unpaired) electrons. The second-order valence-corrected chi connectivity index (χ2v) is 17.4. The van der Waals surface area contributed by atoms with Crippen molar-refractivity contribution in [3.8, 4) is 0 Å². The maximum atomic E-state index is 12.8. The number of hydrogen-bond acceptors (Lipinski definition) is 6. The number of carbonyl (C=O) groups excluding carboxylic acids is 1. The number of phosphoric ester groups is 1. The largest absolute Gasteiger partial charge is 0.756 e. The van der Waals surface area contributed by atoms with E-state index in [-0.39, 0.29) is 12.5 Å². The van der Waals surface area contributed by atoms with Crippen LogP contribution >= 0.6 is 7.82 Å². The van der Waals surface area contributed by atoms with E-state index in [1.54, 1.807) is 6.08 Å². The van der Waals surface area contributed by atoms with E-state index in [9.17, 15) is 19.4 Å². The summed E-state index contributed by atoms with van der Waals surface area (Å²) in [5.74, 6) is -0.242. The van der Waals surface area contributed by atoms with Crippen LogP contribution in [0.15, 0.2) is 122 Å². The minimum atomic E-state index is -4.61. The summed E-state index contributed by atoms with van der Waals surface area (Å²) in [4.78, 5) is 25.2. The molecule has 0 aliphatic carbocycles. The first-order chi connectivity index (χ1) is 29.0. The fourth-order valence-electron chi connectivity index (χ4n) is 5.53. The van der Waals surface area contributed by atoms with E-state index < -0.39 is 26.6 Å². The second-order valence-electron chi connectivity index (χ2n) is 16.0. The zero-order valence-corrected chi connectivity index (χ0v) is 39.2. The van der Waals surface area contributed by atoms with Gasteiger partial charge in [-0.2, -0.15) is 0 Å². The number of rotatable bonds is 39. The summed E-state index contributed by atoms with van der Waals surface area (Å²) >= 11 is 0. The fourth-order valence-corrected chi connectivity index (χ4v) is 6.26. The SMILES string of the molecule is CC/C=C\C/C=C\C/C=C\C/C=C\C/C=C\C/C=C\C/C=C\C/C=C\CCCCCCC(=O)NC(COP(=O)([O-])OCC[N+](C)(C)C)C(O)/C=C/CC/C=C/CCCCC. The molecule has 8 nitrogen and oxygen atoms in total. The van der Waals surface area contributed by atoms with Gasteiger partial charge >= 0.3 is 0 Å². The molecule has 0 aromatic carbocycles. The van der Waals surface area contributed by atoms with Gasteiger partial charge < -0.3 is 28.8 Å². The van der Waals surface area contributed by atoms with Crippen molar-refractivity contribution < 1.29 is 32.9 Å². The van der Waals surface area contributed by atoms with Crippen LogP contribution in [0.2, 0.25) is 0 Å². The Balaban J connectivity index is 4.33. The van der Waals surface area contributed by atoms with Gasteiger partial charge in [-0.05, 0) is 96.3 Å². The lowest BCUT2D eigenvalue weighted by Crippen LogP contribution is -2.45. The van der Waals surface area contributed by atoms with Gasteiger partial charge in [0.2, 0.25) is 5.91 Å². The van der Waals surface area contributed by atoms with Crippen molar-refractivity contribution >= 4 is 13.7 Å². The van der Waals surface area contributed by atoms with Crippen molar-refractivity contribution in [1.29, 1.82) is 0 Å². The number of carbonyl (C=O) groups is 1. The molecule has 0 aromatic heterocycles. The van der Waals surface area contributed by atoms with Crippen LogP contribution in [0.4, 0.5) is 0 Å². The predicted molar refractivity (Wildman–Crippen MR) is 255 cm³/mol. The standard InChI is InChI=1S/C51H85N2O6P/c1-6-8-10-12-14-16-17-18-19-20-21-22-23-24-25-26-27-28-29-30-31-32-33-34-35-37-39-41-43-45-51(55)52-49(48-59-60(56,57)58-47-46-53(3,4)5)50(54)44-42-40-38-36-15-13-11-9-7-2/h8,10,14-16,18-19,21-22,24-25,27-28,30-31,33-34,36,42,44,49-50,54H,6-7,9,11-13,17,20,23,26,29,32,35,37-41,43,45-48H2,1-5H3,(H-,52,55,56,57)/b10-8-,16-14-,19-18-,22-21-,25-24-,28-27-,31-30-,34-33-,36-15+,44-42+. The number of amides is 1. The lowest BCUT2D eigenvalue weighted by atomic mass is 10.1. The molecule has 0 heterocycles. The summed E-state index contributed by atoms with van der Waals surface area (Å²) in [6.07, 6.45) is 61.3. The van der Waals surface area contributed by atoms with Gasteiger partial charge in [-0.15, -0.1) is 0 Å². The normalized spacial score (nSPS) is 15.4. The molecule has 0 saturated carbocycles. The molecule has 0 aliphatic heterocycles. The molecule has 0 aliphatic rings. The third kappa shape index (κ3) is 43.0. The first kappa shape index (κ1) is 56.9. The Labute approximate surface area is 367 Å². The molecule has 0 fully saturated rings. The quantitative estimate of drug-likeness (QED) is 0.0276. The van der Waals surface area contributed by atoms with Gasteiger partial charge in [0.1, 0.15) is 13.2 Å². The lowest BCUT2D eigenvalue weighted by Gasteiger charge is -2.29. The van der Waals surface area contributed by atoms with Gasteiger partial charge in [-0.1, -0.05) is 161 Å². The first-order valence-corrected chi connectivity index (χ1v) is 24.4. The van der Waals surface area contributed by atoms with Gasteiger partial charge in [0.05, 0.1) is 39.9 Å². The van der Waals surface area contributed by atoms with E-state index in [0.717, 1.165) is 96.3 Å². The first-order valence-electron chi connectivity index (χ1n) is 22.9. The zero-order chi connectivity index (χ0) is 44.3. The maximum Gasteiger partial charge on any atom is 0.268 e. The van der Waals surface area contributed by atoms with Gasteiger partial charge in [0, 0.05) is 6.42 Å². The third-order valence-electron chi connectivity index (χ3n) is 9.16. The summed E-state index contributed by atoms with van der Waals surface area (Å²) in [7, 11) is 1.20. The Hall–Kier alpha value is -3.10. The molecule has 3 unspecified atom stereocenters. The van der Waals surface area contributed by atoms with Crippen molar-refractivity contribution in [2.45, 2.75) is 154 Å². The molecule has 0 saturated heterocycles. The molecule has 0 rings (SSSR count). The zero-order valence-electron chi connectivity index (χ0n) is 38.3. The Morgan fingerprint density at radius 1 is 0.600 bits per heavy atom. The van der Waals surface area contributed by atoms with Gasteiger partial charge in [-0.25, -0.2) is 0 Å². The van der Waals surface area contributed by atoms with E-state index >= 15 is 0 Å². The van der Waals surface area contributed by atoms with Crippen LogP contribution in [0.3, 0.4) is 0 Å². The predicted octanol–water partition coefficient (Wildman–Crippen LogP) is 12.4. The van der Waals surface area contributed by atoms with E-state index in [1.807, 2.05) is 27.2 Å².